The van der Waals surface area contributed by atoms with Gasteiger partial charge in [0.1, 0.15) is 23.5 Å². The minimum absolute atomic E-state index is 0.00714. The molecule has 0 bridgehead atoms. The first-order chi connectivity index (χ1) is 11.6. The van der Waals surface area contributed by atoms with Gasteiger partial charge in [-0.05, 0) is 25.1 Å². The number of nitriles is 2. The molecule has 1 unspecified atom stereocenters. The Morgan fingerprint density at radius 3 is 2.96 bits per heavy atom. The molecule has 3 N–H and O–H groups in total. The van der Waals surface area contributed by atoms with Gasteiger partial charge < -0.3 is 15.2 Å². The van der Waals surface area contributed by atoms with E-state index >= 15 is 0 Å². The molecular weight excluding hydrogens is 374 g/mol. The second kappa shape index (κ2) is 6.26. The van der Waals surface area contributed by atoms with E-state index in [9.17, 15) is 5.26 Å². The molecule has 0 spiro atoms. The number of nitrogens with one attached hydrogen (secondary N) is 1. The highest BCUT2D eigenvalue weighted by atomic mass is 79.9. The minimum atomic E-state index is -0.497. The van der Waals surface area contributed by atoms with Gasteiger partial charge in [0.25, 0.3) is 0 Å². The van der Waals surface area contributed by atoms with Crippen LogP contribution in [0, 0.1) is 29.6 Å². The number of hydrogen-bond donors (Lipinski definition) is 2. The smallest absolute Gasteiger partial charge is 0.244 e. The van der Waals surface area contributed by atoms with Gasteiger partial charge >= 0.3 is 0 Å². The molecule has 1 aromatic carbocycles. The lowest BCUT2D eigenvalue weighted by molar-refractivity contribution is 0.357. The molecular formula is C16H12BrN5O2. The van der Waals surface area contributed by atoms with Crippen LogP contribution in [0.25, 0.3) is 0 Å². The van der Waals surface area contributed by atoms with Crippen molar-refractivity contribution < 1.29 is 9.47 Å². The fourth-order valence-electron chi connectivity index (χ4n) is 2.70. The lowest BCUT2D eigenvalue weighted by Crippen LogP contribution is -2.21. The van der Waals surface area contributed by atoms with Crippen LogP contribution in [0.1, 0.15) is 22.7 Å². The van der Waals surface area contributed by atoms with Crippen molar-refractivity contribution in [1.29, 1.82) is 10.5 Å². The van der Waals surface area contributed by atoms with Crippen molar-refractivity contribution in [1.82, 2.24) is 10.2 Å². The molecule has 1 aliphatic rings. The third kappa shape index (κ3) is 2.57. The van der Waals surface area contributed by atoms with E-state index in [1.165, 1.54) is 0 Å². The SMILES string of the molecule is Cc1[nH]nc2c1C(c1cc(Br)ccc1OCC#N)C(C#N)=C(N)O2. The van der Waals surface area contributed by atoms with Crippen LogP contribution in [0.2, 0.25) is 0 Å². The zero-order valence-electron chi connectivity index (χ0n) is 12.6. The number of aromatic nitrogens is 2. The monoisotopic (exact) mass is 385 g/mol. The van der Waals surface area contributed by atoms with Crippen molar-refractivity contribution in [3.63, 3.8) is 0 Å². The summed E-state index contributed by atoms with van der Waals surface area (Å²) in [7, 11) is 0. The van der Waals surface area contributed by atoms with Crippen LogP contribution in [-0.2, 0) is 0 Å². The predicted molar refractivity (Wildman–Crippen MR) is 87.9 cm³/mol. The number of aromatic amines is 1. The van der Waals surface area contributed by atoms with Crippen molar-refractivity contribution in [2.75, 3.05) is 6.61 Å². The third-order valence-corrected chi connectivity index (χ3v) is 4.20. The molecule has 24 heavy (non-hydrogen) atoms. The van der Waals surface area contributed by atoms with Gasteiger partial charge in [-0.3, -0.25) is 5.10 Å². The predicted octanol–water partition coefficient (Wildman–Crippen LogP) is 2.60. The summed E-state index contributed by atoms with van der Waals surface area (Å²) in [6, 6.07) is 9.44. The number of hydrogen-bond acceptors (Lipinski definition) is 6. The summed E-state index contributed by atoms with van der Waals surface area (Å²) in [6.07, 6.45) is 0. The second-order valence-electron chi connectivity index (χ2n) is 5.12. The highest BCUT2D eigenvalue weighted by Gasteiger charge is 2.36. The highest BCUT2D eigenvalue weighted by Crippen LogP contribution is 2.45. The van der Waals surface area contributed by atoms with Crippen molar-refractivity contribution in [2.45, 2.75) is 12.8 Å². The molecule has 3 rings (SSSR count). The van der Waals surface area contributed by atoms with E-state index in [0.29, 0.717) is 17.2 Å². The molecule has 0 fully saturated rings. The quantitative estimate of drug-likeness (QED) is 0.837. The molecule has 0 radical (unpaired) electrons. The van der Waals surface area contributed by atoms with Gasteiger partial charge in [0, 0.05) is 21.3 Å². The van der Waals surface area contributed by atoms with Crippen LogP contribution in [0.15, 0.2) is 34.1 Å². The normalized spacial score (nSPS) is 15.9. The fourth-order valence-corrected chi connectivity index (χ4v) is 3.07. The van der Waals surface area contributed by atoms with E-state index in [1.807, 2.05) is 19.1 Å². The molecule has 2 aromatic rings. The Kier molecular flexibility index (Phi) is 4.15. The number of benzene rings is 1. The second-order valence-corrected chi connectivity index (χ2v) is 6.04. The van der Waals surface area contributed by atoms with E-state index in [1.54, 1.807) is 12.1 Å². The topological polar surface area (TPSA) is 121 Å². The van der Waals surface area contributed by atoms with Crippen LogP contribution in [0.5, 0.6) is 11.6 Å². The Morgan fingerprint density at radius 2 is 2.25 bits per heavy atom. The van der Waals surface area contributed by atoms with E-state index in [4.69, 9.17) is 20.5 Å². The first-order valence-electron chi connectivity index (χ1n) is 6.98. The molecule has 1 atom stereocenters. The number of allylic oxidation sites excluding steroid dienone is 1. The van der Waals surface area contributed by atoms with Gasteiger partial charge in [0.15, 0.2) is 6.61 Å². The molecule has 0 saturated heterocycles. The zero-order chi connectivity index (χ0) is 17.3. The lowest BCUT2D eigenvalue weighted by Gasteiger charge is -2.25. The van der Waals surface area contributed by atoms with Gasteiger partial charge in [0.2, 0.25) is 11.8 Å². The van der Waals surface area contributed by atoms with Crippen LogP contribution in [-0.4, -0.2) is 16.8 Å². The largest absolute Gasteiger partial charge is 0.478 e. The Labute approximate surface area is 146 Å². The number of aryl methyl sites for hydroxylation is 1. The van der Waals surface area contributed by atoms with Crippen molar-refractivity contribution in [2.24, 2.45) is 5.73 Å². The van der Waals surface area contributed by atoms with E-state index < -0.39 is 5.92 Å². The summed E-state index contributed by atoms with van der Waals surface area (Å²) in [5, 5.41) is 25.3. The molecule has 7 nitrogen and oxygen atoms in total. The standard InChI is InChI=1S/C16H12BrN5O2/c1-8-13-14(11(7-19)15(20)24-16(13)22-21-8)10-6-9(17)2-3-12(10)23-5-4-18/h2-3,6,14H,5,20H2,1H3,(H,21,22). The molecule has 0 aliphatic carbocycles. The van der Waals surface area contributed by atoms with Crippen LogP contribution < -0.4 is 15.2 Å². The summed E-state index contributed by atoms with van der Waals surface area (Å²) >= 11 is 3.43. The number of nitrogens with two attached hydrogens (primary N) is 1. The highest BCUT2D eigenvalue weighted by molar-refractivity contribution is 9.10. The zero-order valence-corrected chi connectivity index (χ0v) is 14.2. The lowest BCUT2D eigenvalue weighted by atomic mass is 9.83. The molecule has 120 valence electrons. The van der Waals surface area contributed by atoms with Crippen molar-refractivity contribution >= 4 is 15.9 Å². The summed E-state index contributed by atoms with van der Waals surface area (Å²) in [4.78, 5) is 0. The number of H-pyrrole nitrogens is 1. The summed E-state index contributed by atoms with van der Waals surface area (Å²) in [5.41, 5.74) is 8.37. The maximum absolute atomic E-state index is 9.58. The van der Waals surface area contributed by atoms with Crippen LogP contribution in [0.4, 0.5) is 0 Å². The minimum Gasteiger partial charge on any atom is -0.478 e. The van der Waals surface area contributed by atoms with E-state index in [-0.39, 0.29) is 18.1 Å². The van der Waals surface area contributed by atoms with Crippen LogP contribution in [0.3, 0.4) is 0 Å². The van der Waals surface area contributed by atoms with E-state index in [0.717, 1.165) is 15.7 Å². The first-order valence-corrected chi connectivity index (χ1v) is 7.77. The molecule has 1 aliphatic heterocycles. The van der Waals surface area contributed by atoms with Crippen LogP contribution >= 0.6 is 15.9 Å². The number of ether oxygens (including phenoxy) is 2. The third-order valence-electron chi connectivity index (χ3n) is 3.70. The summed E-state index contributed by atoms with van der Waals surface area (Å²) < 4.78 is 11.8. The van der Waals surface area contributed by atoms with Gasteiger partial charge in [-0.15, -0.1) is 5.10 Å². The Morgan fingerprint density at radius 1 is 1.46 bits per heavy atom. The summed E-state index contributed by atoms with van der Waals surface area (Å²) in [5.74, 6) is 0.343. The average molecular weight is 386 g/mol. The molecule has 1 aromatic heterocycles. The summed E-state index contributed by atoms with van der Waals surface area (Å²) in [6.45, 7) is 1.74. The number of fused-ring (bicyclic) bond motifs is 1. The van der Waals surface area contributed by atoms with Gasteiger partial charge in [-0.2, -0.15) is 10.5 Å². The number of rotatable bonds is 3. The Hall–Kier alpha value is -2.97. The van der Waals surface area contributed by atoms with Gasteiger partial charge in [0.05, 0.1) is 5.92 Å². The van der Waals surface area contributed by atoms with Gasteiger partial charge in [-0.1, -0.05) is 15.9 Å². The van der Waals surface area contributed by atoms with Crippen molar-refractivity contribution in [3.8, 4) is 23.8 Å². The Balaban J connectivity index is 2.24. The van der Waals surface area contributed by atoms with Crippen molar-refractivity contribution in [3.05, 3.63) is 50.9 Å². The maximum Gasteiger partial charge on any atom is 0.244 e. The number of halogens is 1. The average Bonchev–Trinajstić information content (AvgIpc) is 2.93. The maximum atomic E-state index is 9.58. The van der Waals surface area contributed by atoms with E-state index in [2.05, 4.69) is 32.2 Å². The molecule has 8 heteroatoms. The molecule has 0 amide bonds. The number of nitrogens with zero attached hydrogens (tertiary/aromatic N) is 3. The first kappa shape index (κ1) is 15.9. The Bertz CT molecular complexity index is 920. The van der Waals surface area contributed by atoms with Gasteiger partial charge in [-0.25, -0.2) is 0 Å². The molecule has 2 heterocycles. The molecule has 0 saturated carbocycles. The fraction of sp³-hybridized carbons (Fsp3) is 0.188.